The zero-order valence-electron chi connectivity index (χ0n) is 8.27. The Bertz CT molecular complexity index is 395. The Morgan fingerprint density at radius 3 is 2.67 bits per heavy atom. The lowest BCUT2D eigenvalue weighted by Gasteiger charge is -2.08. The van der Waals surface area contributed by atoms with Crippen molar-refractivity contribution in [3.63, 3.8) is 0 Å². The van der Waals surface area contributed by atoms with Crippen LogP contribution in [-0.4, -0.2) is 15.4 Å². The van der Waals surface area contributed by atoms with E-state index in [4.69, 9.17) is 17.3 Å². The molecule has 0 fully saturated rings. The van der Waals surface area contributed by atoms with E-state index in [1.807, 2.05) is 6.07 Å². The van der Waals surface area contributed by atoms with Gasteiger partial charge in [0.05, 0.1) is 5.75 Å². The lowest BCUT2D eigenvalue weighted by molar-refractivity contribution is -0.117. The number of hydrogen-bond donors (Lipinski definition) is 1. The average molecular weight is 246 g/mol. The highest BCUT2D eigenvalue weighted by atomic mass is 35.5. The largest absolute Gasteiger partial charge is 0.369 e. The van der Waals surface area contributed by atoms with E-state index >= 15 is 0 Å². The molecule has 1 aromatic carbocycles. The minimum Gasteiger partial charge on any atom is -0.369 e. The van der Waals surface area contributed by atoms with Crippen LogP contribution in [0.3, 0.4) is 0 Å². The highest BCUT2D eigenvalue weighted by Gasteiger charge is 2.17. The highest BCUT2D eigenvalue weighted by molar-refractivity contribution is 7.85. The van der Waals surface area contributed by atoms with Gasteiger partial charge in [0.2, 0.25) is 5.91 Å². The second-order valence-corrected chi connectivity index (χ2v) is 5.33. The molecule has 1 rings (SSSR count). The van der Waals surface area contributed by atoms with E-state index in [1.165, 1.54) is 0 Å². The molecule has 0 heterocycles. The second kappa shape index (κ2) is 5.28. The fourth-order valence-electron chi connectivity index (χ4n) is 1.02. The van der Waals surface area contributed by atoms with Gasteiger partial charge >= 0.3 is 0 Å². The molecule has 5 heteroatoms. The fraction of sp³-hybridized carbons (Fsp3) is 0.300. The van der Waals surface area contributed by atoms with E-state index in [9.17, 15) is 9.00 Å². The van der Waals surface area contributed by atoms with E-state index in [0.29, 0.717) is 5.02 Å². The molecule has 0 aliphatic rings. The molecule has 0 bridgehead atoms. The molecule has 0 spiro atoms. The van der Waals surface area contributed by atoms with Crippen LogP contribution in [0, 0.1) is 0 Å². The number of hydrogen-bond acceptors (Lipinski definition) is 2. The van der Waals surface area contributed by atoms with Crippen LogP contribution in [0.4, 0.5) is 0 Å². The molecule has 3 nitrogen and oxygen atoms in total. The average Bonchev–Trinajstić information content (AvgIpc) is 2.20. The van der Waals surface area contributed by atoms with Crippen LogP contribution in [-0.2, 0) is 21.3 Å². The second-order valence-electron chi connectivity index (χ2n) is 3.16. The first-order chi connectivity index (χ1) is 7.02. The number of carbonyl (C=O) groups is 1. The van der Waals surface area contributed by atoms with Crippen LogP contribution in [0.25, 0.3) is 0 Å². The summed E-state index contributed by atoms with van der Waals surface area (Å²) in [6.07, 6.45) is 0. The summed E-state index contributed by atoms with van der Waals surface area (Å²) < 4.78 is 11.7. The number of amides is 1. The molecule has 1 aromatic rings. The summed E-state index contributed by atoms with van der Waals surface area (Å²) in [5.41, 5.74) is 5.83. The SMILES string of the molecule is C[C@H](C(N)=O)[S@@](=O)Cc1ccccc1Cl. The summed E-state index contributed by atoms with van der Waals surface area (Å²) in [7, 11) is -1.32. The first-order valence-corrected chi connectivity index (χ1v) is 6.18. The van der Waals surface area contributed by atoms with Gasteiger partial charge in [0, 0.05) is 15.8 Å². The third kappa shape index (κ3) is 3.32. The van der Waals surface area contributed by atoms with E-state index in [1.54, 1.807) is 25.1 Å². The maximum atomic E-state index is 11.7. The molecule has 0 aromatic heterocycles. The third-order valence-corrected chi connectivity index (χ3v) is 4.04. The van der Waals surface area contributed by atoms with E-state index in [2.05, 4.69) is 0 Å². The van der Waals surface area contributed by atoms with Crippen LogP contribution < -0.4 is 5.73 Å². The Morgan fingerprint density at radius 2 is 2.13 bits per heavy atom. The number of primary amides is 1. The number of nitrogens with two attached hydrogens (primary N) is 1. The van der Waals surface area contributed by atoms with Crippen LogP contribution in [0.5, 0.6) is 0 Å². The Labute approximate surface area is 96.1 Å². The predicted molar refractivity (Wildman–Crippen MR) is 62.0 cm³/mol. The van der Waals surface area contributed by atoms with E-state index < -0.39 is 22.0 Å². The molecule has 2 atom stereocenters. The van der Waals surface area contributed by atoms with Crippen molar-refractivity contribution < 1.29 is 9.00 Å². The van der Waals surface area contributed by atoms with Gasteiger partial charge in [0.15, 0.2) is 0 Å². The quantitative estimate of drug-likeness (QED) is 0.873. The third-order valence-electron chi connectivity index (χ3n) is 2.05. The standard InChI is InChI=1S/C10H12ClNO2S/c1-7(10(12)13)15(14)6-8-4-2-3-5-9(8)11/h2-5,7H,6H2,1H3,(H2,12,13)/t7-,15+/m1/s1. The van der Waals surface area contributed by atoms with Crippen molar-refractivity contribution in [1.29, 1.82) is 0 Å². The van der Waals surface area contributed by atoms with E-state index in [0.717, 1.165) is 5.56 Å². The summed E-state index contributed by atoms with van der Waals surface area (Å²) in [5, 5.41) is -0.0937. The zero-order valence-corrected chi connectivity index (χ0v) is 9.85. The number of rotatable bonds is 4. The molecule has 1 amide bonds. The fourth-order valence-corrected chi connectivity index (χ4v) is 2.37. The van der Waals surface area contributed by atoms with Gasteiger partial charge in [0.1, 0.15) is 5.25 Å². The Morgan fingerprint density at radius 1 is 1.53 bits per heavy atom. The Balaban J connectivity index is 2.75. The van der Waals surface area contributed by atoms with Gasteiger partial charge in [-0.2, -0.15) is 0 Å². The summed E-state index contributed by atoms with van der Waals surface area (Å²) in [5.74, 6) is -0.301. The van der Waals surface area contributed by atoms with Gasteiger partial charge in [-0.1, -0.05) is 29.8 Å². The van der Waals surface area contributed by atoms with Gasteiger partial charge in [-0.05, 0) is 18.6 Å². The lowest BCUT2D eigenvalue weighted by Crippen LogP contribution is -2.30. The first-order valence-electron chi connectivity index (χ1n) is 4.42. The smallest absolute Gasteiger partial charge is 0.232 e. The minimum atomic E-state index is -1.32. The Kier molecular flexibility index (Phi) is 4.29. The molecular formula is C10H12ClNO2S. The minimum absolute atomic E-state index is 0.254. The van der Waals surface area contributed by atoms with Crippen molar-refractivity contribution in [1.82, 2.24) is 0 Å². The molecular weight excluding hydrogens is 234 g/mol. The molecule has 15 heavy (non-hydrogen) atoms. The highest BCUT2D eigenvalue weighted by Crippen LogP contribution is 2.17. The topological polar surface area (TPSA) is 60.2 Å². The molecule has 82 valence electrons. The molecule has 0 saturated heterocycles. The molecule has 0 aliphatic heterocycles. The van der Waals surface area contributed by atoms with Crippen molar-refractivity contribution in [3.8, 4) is 0 Å². The predicted octanol–water partition coefficient (Wildman–Crippen LogP) is 1.46. The van der Waals surface area contributed by atoms with Crippen LogP contribution in [0.15, 0.2) is 24.3 Å². The van der Waals surface area contributed by atoms with E-state index in [-0.39, 0.29) is 5.75 Å². The van der Waals surface area contributed by atoms with Gasteiger partial charge < -0.3 is 5.73 Å². The number of benzene rings is 1. The maximum Gasteiger partial charge on any atom is 0.232 e. The zero-order chi connectivity index (χ0) is 11.4. The van der Waals surface area contributed by atoms with Gasteiger partial charge in [-0.3, -0.25) is 9.00 Å². The van der Waals surface area contributed by atoms with Crippen molar-refractivity contribution in [2.24, 2.45) is 5.73 Å². The normalized spacial score (nSPS) is 14.5. The van der Waals surface area contributed by atoms with Crippen LogP contribution >= 0.6 is 11.6 Å². The molecule has 2 N–H and O–H groups in total. The van der Waals surface area contributed by atoms with Crippen LogP contribution in [0.1, 0.15) is 12.5 Å². The lowest BCUT2D eigenvalue weighted by atomic mass is 10.2. The number of halogens is 1. The van der Waals surface area contributed by atoms with Crippen molar-refractivity contribution >= 4 is 28.3 Å². The van der Waals surface area contributed by atoms with Gasteiger partial charge in [-0.15, -0.1) is 0 Å². The first kappa shape index (κ1) is 12.2. The monoisotopic (exact) mass is 245 g/mol. The summed E-state index contributed by atoms with van der Waals surface area (Å²) in [6.45, 7) is 1.55. The van der Waals surface area contributed by atoms with Crippen molar-refractivity contribution in [3.05, 3.63) is 34.9 Å². The molecule has 0 unspecified atom stereocenters. The summed E-state index contributed by atoms with van der Waals surface area (Å²) in [4.78, 5) is 10.8. The molecule has 0 radical (unpaired) electrons. The van der Waals surface area contributed by atoms with Crippen LogP contribution in [0.2, 0.25) is 5.02 Å². The molecule has 0 aliphatic carbocycles. The van der Waals surface area contributed by atoms with Crippen molar-refractivity contribution in [2.75, 3.05) is 0 Å². The van der Waals surface area contributed by atoms with Gasteiger partial charge in [0.25, 0.3) is 0 Å². The summed E-state index contributed by atoms with van der Waals surface area (Å²) in [6, 6.07) is 7.12. The Hall–Kier alpha value is -0.870. The molecule has 0 saturated carbocycles. The maximum absolute atomic E-state index is 11.7. The number of carbonyl (C=O) groups excluding carboxylic acids is 1. The summed E-state index contributed by atoms with van der Waals surface area (Å²) >= 11 is 5.90. The van der Waals surface area contributed by atoms with Crippen molar-refractivity contribution in [2.45, 2.75) is 17.9 Å². The van der Waals surface area contributed by atoms with Gasteiger partial charge in [-0.25, -0.2) is 0 Å².